The number of nitrogens with one attached hydrogen (secondary N) is 2. The van der Waals surface area contributed by atoms with Crippen molar-refractivity contribution in [3.05, 3.63) is 75.3 Å². The van der Waals surface area contributed by atoms with Gasteiger partial charge in [0, 0.05) is 26.2 Å². The number of aryl methyl sites for hydroxylation is 1. The Kier molecular flexibility index (Phi) is 10.9. The number of nitrogens with zero attached hydrogens (tertiary/aromatic N) is 3. The number of carbonyl (C=O) groups excluding carboxylic acids is 1. The lowest BCUT2D eigenvalue weighted by Crippen LogP contribution is -2.43. The van der Waals surface area contributed by atoms with Gasteiger partial charge in [-0.15, -0.1) is 24.0 Å². The average Bonchev–Trinajstić information content (AvgIpc) is 2.75. The number of amides is 1. The van der Waals surface area contributed by atoms with Gasteiger partial charge < -0.3 is 15.5 Å². The van der Waals surface area contributed by atoms with Crippen molar-refractivity contribution in [2.24, 2.45) is 4.99 Å². The molecule has 0 aliphatic carbocycles. The summed E-state index contributed by atoms with van der Waals surface area (Å²) in [6.07, 6.45) is 0.984. The first-order chi connectivity index (χ1) is 14.3. The number of nitro benzene ring substituents is 1. The summed E-state index contributed by atoms with van der Waals surface area (Å²) >= 11 is 0. The molecule has 0 bridgehead atoms. The van der Waals surface area contributed by atoms with Crippen LogP contribution in [0.4, 0.5) is 5.69 Å². The molecule has 2 N–H and O–H groups in total. The van der Waals surface area contributed by atoms with E-state index in [0.717, 1.165) is 17.5 Å². The molecule has 0 saturated heterocycles. The number of nitro groups is 1. The van der Waals surface area contributed by atoms with E-state index in [-0.39, 0.29) is 48.2 Å². The van der Waals surface area contributed by atoms with E-state index in [9.17, 15) is 14.9 Å². The molecule has 0 saturated carbocycles. The fourth-order valence-electron chi connectivity index (χ4n) is 2.69. The van der Waals surface area contributed by atoms with Crippen LogP contribution >= 0.6 is 24.0 Å². The summed E-state index contributed by atoms with van der Waals surface area (Å²) in [6.45, 7) is 4.58. The van der Waals surface area contributed by atoms with Crippen LogP contribution in [0.15, 0.2) is 53.5 Å². The summed E-state index contributed by atoms with van der Waals surface area (Å²) in [5.41, 5.74) is 3.25. The number of aliphatic imine (C=N–C) groups is 1. The van der Waals surface area contributed by atoms with E-state index >= 15 is 0 Å². The maximum absolute atomic E-state index is 12.0. The van der Waals surface area contributed by atoms with Crippen molar-refractivity contribution in [1.29, 1.82) is 0 Å². The summed E-state index contributed by atoms with van der Waals surface area (Å²) < 4.78 is 0. The summed E-state index contributed by atoms with van der Waals surface area (Å²) in [4.78, 5) is 28.4. The smallest absolute Gasteiger partial charge is 0.269 e. The lowest BCUT2D eigenvalue weighted by atomic mass is 10.1. The van der Waals surface area contributed by atoms with Gasteiger partial charge in [-0.25, -0.2) is 4.99 Å². The van der Waals surface area contributed by atoms with Gasteiger partial charge in [-0.3, -0.25) is 14.9 Å². The third-order valence-corrected chi connectivity index (χ3v) is 4.71. The zero-order valence-electron chi connectivity index (χ0n) is 18.3. The van der Waals surface area contributed by atoms with Gasteiger partial charge in [-0.05, 0) is 30.0 Å². The number of rotatable bonds is 8. The van der Waals surface area contributed by atoms with Crippen molar-refractivity contribution >= 4 is 41.5 Å². The lowest BCUT2D eigenvalue weighted by Gasteiger charge is -2.20. The summed E-state index contributed by atoms with van der Waals surface area (Å²) in [5.74, 6) is 0.426. The van der Waals surface area contributed by atoms with Gasteiger partial charge in [0.15, 0.2) is 5.96 Å². The first-order valence-electron chi connectivity index (χ1n) is 9.87. The molecule has 9 heteroatoms. The van der Waals surface area contributed by atoms with Gasteiger partial charge in [0.25, 0.3) is 5.69 Å². The van der Waals surface area contributed by atoms with Gasteiger partial charge in [0.05, 0.1) is 24.1 Å². The zero-order chi connectivity index (χ0) is 22.1. The van der Waals surface area contributed by atoms with Gasteiger partial charge in [0.2, 0.25) is 5.91 Å². The quantitative estimate of drug-likeness (QED) is 0.175. The van der Waals surface area contributed by atoms with Crippen LogP contribution in [0.1, 0.15) is 36.6 Å². The van der Waals surface area contributed by atoms with E-state index in [2.05, 4.69) is 46.8 Å². The molecule has 2 rings (SSSR count). The van der Waals surface area contributed by atoms with E-state index < -0.39 is 4.92 Å². The monoisotopic (exact) mass is 539 g/mol. The van der Waals surface area contributed by atoms with E-state index in [1.165, 1.54) is 22.6 Å². The predicted molar refractivity (Wildman–Crippen MR) is 134 cm³/mol. The molecule has 0 aliphatic heterocycles. The Morgan fingerprint density at radius 3 is 2.19 bits per heavy atom. The minimum absolute atomic E-state index is 0. The number of carbonyl (C=O) groups is 1. The topological polar surface area (TPSA) is 99.9 Å². The molecule has 0 radical (unpaired) electrons. The summed E-state index contributed by atoms with van der Waals surface area (Å²) in [6, 6.07) is 14.6. The summed E-state index contributed by atoms with van der Waals surface area (Å²) in [7, 11) is 3.39. The highest BCUT2D eigenvalue weighted by Crippen LogP contribution is 2.15. The number of hydrogen-bond acceptors (Lipinski definition) is 4. The van der Waals surface area contributed by atoms with Crippen LogP contribution in [0.5, 0.6) is 0 Å². The Bertz CT molecular complexity index is 883. The molecule has 0 spiro atoms. The highest BCUT2D eigenvalue weighted by molar-refractivity contribution is 14.0. The second-order valence-corrected chi connectivity index (χ2v) is 7.19. The van der Waals surface area contributed by atoms with Crippen LogP contribution in [0, 0.1) is 10.1 Å². The van der Waals surface area contributed by atoms with Crippen molar-refractivity contribution < 1.29 is 9.72 Å². The number of guanidine groups is 1. The number of halogens is 1. The fraction of sp³-hybridized carbons (Fsp3) is 0.364. The highest BCUT2D eigenvalue weighted by Gasteiger charge is 2.11. The Morgan fingerprint density at radius 1 is 1.10 bits per heavy atom. The van der Waals surface area contributed by atoms with Crippen molar-refractivity contribution in [1.82, 2.24) is 15.5 Å². The highest BCUT2D eigenvalue weighted by atomic mass is 127. The molecule has 2 aromatic carbocycles. The lowest BCUT2D eigenvalue weighted by molar-refractivity contribution is -0.384. The van der Waals surface area contributed by atoms with Crippen LogP contribution in [0.3, 0.4) is 0 Å². The standard InChI is InChI=1S/C22H29N5O3.HI/c1-5-17-6-10-19(11-7-17)16(2)25-22(24-15-21(28)26(3)4)23-14-18-8-12-20(13-9-18)27(29)30;/h6-13,16H,5,14-15H2,1-4H3,(H2,23,24,25);1H. The Balaban J connectivity index is 0.00000480. The third kappa shape index (κ3) is 8.52. The number of benzene rings is 2. The Hall–Kier alpha value is -2.69. The molecule has 0 heterocycles. The van der Waals surface area contributed by atoms with E-state index in [1.54, 1.807) is 26.2 Å². The van der Waals surface area contributed by atoms with Crippen LogP contribution in [-0.2, 0) is 17.8 Å². The minimum atomic E-state index is -0.431. The van der Waals surface area contributed by atoms with Gasteiger partial charge in [-0.2, -0.15) is 0 Å². The molecule has 1 unspecified atom stereocenters. The molecule has 168 valence electrons. The minimum Gasteiger partial charge on any atom is -0.350 e. The first kappa shape index (κ1) is 26.3. The molecule has 0 aromatic heterocycles. The second kappa shape index (κ2) is 12.9. The van der Waals surface area contributed by atoms with Gasteiger partial charge in [-0.1, -0.05) is 43.3 Å². The molecule has 1 atom stereocenters. The number of likely N-dealkylation sites (N-methyl/N-ethyl adjacent to an activating group) is 1. The van der Waals surface area contributed by atoms with E-state index in [1.807, 2.05) is 6.92 Å². The molecule has 1 amide bonds. The Labute approximate surface area is 200 Å². The number of non-ortho nitro benzene ring substituents is 1. The van der Waals surface area contributed by atoms with Crippen LogP contribution in [0.2, 0.25) is 0 Å². The van der Waals surface area contributed by atoms with Crippen molar-refractivity contribution in [3.8, 4) is 0 Å². The number of hydrogen-bond donors (Lipinski definition) is 2. The summed E-state index contributed by atoms with van der Waals surface area (Å²) in [5, 5.41) is 17.2. The van der Waals surface area contributed by atoms with E-state index in [0.29, 0.717) is 12.5 Å². The first-order valence-corrected chi connectivity index (χ1v) is 9.87. The molecular weight excluding hydrogens is 509 g/mol. The largest absolute Gasteiger partial charge is 0.350 e. The maximum Gasteiger partial charge on any atom is 0.269 e. The second-order valence-electron chi connectivity index (χ2n) is 7.19. The van der Waals surface area contributed by atoms with Crippen molar-refractivity contribution in [2.45, 2.75) is 32.9 Å². The van der Waals surface area contributed by atoms with Gasteiger partial charge >= 0.3 is 0 Å². The third-order valence-electron chi connectivity index (χ3n) is 4.71. The SMILES string of the molecule is CCc1ccc(C(C)NC(=NCc2ccc([N+](=O)[O-])cc2)NCC(=O)N(C)C)cc1.I. The Morgan fingerprint density at radius 2 is 1.68 bits per heavy atom. The van der Waals surface area contributed by atoms with Crippen LogP contribution < -0.4 is 10.6 Å². The molecule has 0 fully saturated rings. The van der Waals surface area contributed by atoms with Gasteiger partial charge in [0.1, 0.15) is 0 Å². The molecular formula is C22H30IN5O3. The molecule has 31 heavy (non-hydrogen) atoms. The molecule has 0 aliphatic rings. The van der Waals surface area contributed by atoms with E-state index in [4.69, 9.17) is 0 Å². The van der Waals surface area contributed by atoms with Crippen molar-refractivity contribution in [2.75, 3.05) is 20.6 Å². The fourth-order valence-corrected chi connectivity index (χ4v) is 2.69. The molecule has 2 aromatic rings. The molecule has 8 nitrogen and oxygen atoms in total. The van der Waals surface area contributed by atoms with Crippen LogP contribution in [0.25, 0.3) is 0 Å². The zero-order valence-corrected chi connectivity index (χ0v) is 20.6. The van der Waals surface area contributed by atoms with Crippen LogP contribution in [-0.4, -0.2) is 42.3 Å². The van der Waals surface area contributed by atoms with Crippen molar-refractivity contribution in [3.63, 3.8) is 0 Å². The average molecular weight is 539 g/mol. The normalized spacial score (nSPS) is 11.8. The predicted octanol–water partition coefficient (Wildman–Crippen LogP) is 3.66. The maximum atomic E-state index is 12.0.